The van der Waals surface area contributed by atoms with E-state index in [-0.39, 0.29) is 0 Å². The molecule has 1 fully saturated rings. The number of anilines is 1. The van der Waals surface area contributed by atoms with Crippen molar-refractivity contribution in [1.29, 1.82) is 5.26 Å². The minimum absolute atomic E-state index is 0.402. The van der Waals surface area contributed by atoms with Crippen molar-refractivity contribution in [2.75, 3.05) is 18.0 Å². The highest BCUT2D eigenvalue weighted by Gasteiger charge is 2.29. The Bertz CT molecular complexity index is 958. The third kappa shape index (κ3) is 3.00. The number of imidazole rings is 1. The van der Waals surface area contributed by atoms with Gasteiger partial charge in [-0.25, -0.2) is 9.37 Å². The summed E-state index contributed by atoms with van der Waals surface area (Å²) in [7, 11) is 0. The molecule has 132 valence electrons. The smallest absolute Gasteiger partial charge is 0.206 e. The maximum absolute atomic E-state index is 13.8. The highest BCUT2D eigenvalue weighted by Crippen LogP contribution is 2.26. The van der Waals surface area contributed by atoms with Crippen molar-refractivity contribution >= 4 is 17.0 Å². The average molecular weight is 350 g/mol. The van der Waals surface area contributed by atoms with Crippen LogP contribution in [0.2, 0.25) is 0 Å². The van der Waals surface area contributed by atoms with Crippen LogP contribution in [0.1, 0.15) is 17.5 Å². The van der Waals surface area contributed by atoms with Gasteiger partial charge in [-0.15, -0.1) is 0 Å². The molecule has 4 rings (SSSR count). The summed E-state index contributed by atoms with van der Waals surface area (Å²) >= 11 is 0. The van der Waals surface area contributed by atoms with E-state index in [1.165, 1.54) is 0 Å². The molecule has 2 atom stereocenters. The molecule has 6 nitrogen and oxygen atoms in total. The Morgan fingerprint density at radius 3 is 2.81 bits per heavy atom. The molecule has 1 aromatic carbocycles. The number of pyridine rings is 1. The molecular weight excluding hydrogens is 331 g/mol. The maximum atomic E-state index is 13.8. The molecule has 0 unspecified atom stereocenters. The molecule has 1 aliphatic rings. The average Bonchev–Trinajstić information content (AvgIpc) is 3.03. The quantitative estimate of drug-likeness (QED) is 0.783. The summed E-state index contributed by atoms with van der Waals surface area (Å²) in [5.74, 6) is 0.778. The third-order valence-corrected chi connectivity index (χ3v) is 4.81. The Labute approximate surface area is 150 Å². The first-order chi connectivity index (χ1) is 12.7. The Balaban J connectivity index is 1.73. The third-order valence-electron chi connectivity index (χ3n) is 4.81. The predicted molar refractivity (Wildman–Crippen MR) is 97.5 cm³/mol. The lowest BCUT2D eigenvalue weighted by atomic mass is 10.1. The Hall–Kier alpha value is -2.98. The van der Waals surface area contributed by atoms with Gasteiger partial charge in [-0.1, -0.05) is 12.1 Å². The summed E-state index contributed by atoms with van der Waals surface area (Å²) in [5.41, 5.74) is 9.39. The fraction of sp³-hybridized carbons (Fsp3) is 0.316. The van der Waals surface area contributed by atoms with Crippen LogP contribution in [0.5, 0.6) is 0 Å². The molecule has 26 heavy (non-hydrogen) atoms. The van der Waals surface area contributed by atoms with E-state index in [1.54, 1.807) is 24.5 Å². The van der Waals surface area contributed by atoms with Gasteiger partial charge in [0.25, 0.3) is 0 Å². The minimum Gasteiger partial charge on any atom is -0.340 e. The highest BCUT2D eigenvalue weighted by molar-refractivity contribution is 5.78. The van der Waals surface area contributed by atoms with Crippen molar-refractivity contribution in [3.05, 3.63) is 53.9 Å². The van der Waals surface area contributed by atoms with Gasteiger partial charge in [-0.2, -0.15) is 5.26 Å². The summed E-state index contributed by atoms with van der Waals surface area (Å²) in [6.45, 7) is 1.61. The van der Waals surface area contributed by atoms with Crippen LogP contribution in [0.15, 0.2) is 42.7 Å². The molecule has 0 radical (unpaired) electrons. The number of piperidine rings is 1. The van der Waals surface area contributed by atoms with Crippen molar-refractivity contribution in [3.8, 4) is 6.07 Å². The number of benzene rings is 1. The van der Waals surface area contributed by atoms with Crippen molar-refractivity contribution in [3.63, 3.8) is 0 Å². The molecule has 7 heteroatoms. The number of rotatable bonds is 3. The van der Waals surface area contributed by atoms with Gasteiger partial charge in [0.05, 0.1) is 41.4 Å². The predicted octanol–water partition coefficient (Wildman–Crippen LogP) is 2.23. The number of nitriles is 1. The van der Waals surface area contributed by atoms with Crippen LogP contribution in [0.25, 0.3) is 11.0 Å². The second-order valence-corrected chi connectivity index (χ2v) is 6.59. The van der Waals surface area contributed by atoms with Gasteiger partial charge < -0.3 is 15.2 Å². The first-order valence-electron chi connectivity index (χ1n) is 8.59. The van der Waals surface area contributed by atoms with E-state index in [2.05, 4.69) is 15.6 Å². The van der Waals surface area contributed by atoms with E-state index in [9.17, 15) is 4.39 Å². The SMILES string of the molecule is N#Cc1ccc(Cn2c(N3CC[C@@H](F)[C@H](N)C3)nc3ccncc32)cc1. The first-order valence-corrected chi connectivity index (χ1v) is 8.59. The summed E-state index contributed by atoms with van der Waals surface area (Å²) in [6, 6.07) is 11.0. The lowest BCUT2D eigenvalue weighted by molar-refractivity contribution is 0.243. The zero-order chi connectivity index (χ0) is 18.1. The number of aromatic nitrogens is 3. The lowest BCUT2D eigenvalue weighted by Crippen LogP contribution is -2.50. The Morgan fingerprint density at radius 1 is 1.27 bits per heavy atom. The number of nitrogens with two attached hydrogens (primary N) is 1. The Kier molecular flexibility index (Phi) is 4.27. The second kappa shape index (κ2) is 6.73. The molecule has 2 aromatic heterocycles. The van der Waals surface area contributed by atoms with E-state index in [4.69, 9.17) is 16.0 Å². The molecular formula is C19H19FN6. The minimum atomic E-state index is -0.968. The fourth-order valence-corrected chi connectivity index (χ4v) is 3.36. The molecule has 3 aromatic rings. The molecule has 0 amide bonds. The number of hydrogen-bond acceptors (Lipinski definition) is 5. The van der Waals surface area contributed by atoms with E-state index in [0.29, 0.717) is 31.6 Å². The highest BCUT2D eigenvalue weighted by atomic mass is 19.1. The number of halogens is 1. The van der Waals surface area contributed by atoms with Gasteiger partial charge >= 0.3 is 0 Å². The number of fused-ring (bicyclic) bond motifs is 1. The summed E-state index contributed by atoms with van der Waals surface area (Å²) in [6.07, 6.45) is 2.94. The van der Waals surface area contributed by atoms with Gasteiger partial charge in [0.2, 0.25) is 5.95 Å². The lowest BCUT2D eigenvalue weighted by Gasteiger charge is -2.34. The molecule has 0 bridgehead atoms. The standard InChI is InChI=1S/C19H19FN6/c20-15-6-8-25(12-16(15)22)19-24-17-5-7-23-10-18(17)26(19)11-14-3-1-13(9-21)2-4-14/h1-5,7,10,15-16H,6,8,11-12,22H2/t15-,16-/m1/s1. The van der Waals surface area contributed by atoms with Crippen molar-refractivity contribution in [1.82, 2.24) is 14.5 Å². The van der Waals surface area contributed by atoms with Gasteiger partial charge in [0.1, 0.15) is 6.17 Å². The Morgan fingerprint density at radius 2 is 2.08 bits per heavy atom. The van der Waals surface area contributed by atoms with E-state index in [0.717, 1.165) is 22.5 Å². The van der Waals surface area contributed by atoms with Gasteiger partial charge in [0.15, 0.2) is 0 Å². The van der Waals surface area contributed by atoms with Gasteiger partial charge in [-0.05, 0) is 30.2 Å². The first kappa shape index (κ1) is 16.5. The zero-order valence-electron chi connectivity index (χ0n) is 14.2. The van der Waals surface area contributed by atoms with Crippen molar-refractivity contribution in [2.45, 2.75) is 25.2 Å². The molecule has 0 aliphatic carbocycles. The fourth-order valence-electron chi connectivity index (χ4n) is 3.36. The van der Waals surface area contributed by atoms with Crippen LogP contribution in [0.3, 0.4) is 0 Å². The largest absolute Gasteiger partial charge is 0.340 e. The van der Waals surface area contributed by atoms with Crippen LogP contribution in [-0.2, 0) is 6.54 Å². The summed E-state index contributed by atoms with van der Waals surface area (Å²) in [4.78, 5) is 11.0. The van der Waals surface area contributed by atoms with Crippen LogP contribution < -0.4 is 10.6 Å². The van der Waals surface area contributed by atoms with Gasteiger partial charge in [-0.3, -0.25) is 4.98 Å². The zero-order valence-corrected chi connectivity index (χ0v) is 14.2. The van der Waals surface area contributed by atoms with E-state index >= 15 is 0 Å². The number of hydrogen-bond donors (Lipinski definition) is 1. The van der Waals surface area contributed by atoms with Crippen LogP contribution in [0, 0.1) is 11.3 Å². The van der Waals surface area contributed by atoms with Crippen LogP contribution in [-0.4, -0.2) is 39.8 Å². The summed E-state index contributed by atoms with van der Waals surface area (Å²) in [5, 5.41) is 8.96. The molecule has 0 spiro atoms. The topological polar surface area (TPSA) is 83.8 Å². The molecule has 1 aliphatic heterocycles. The van der Waals surface area contributed by atoms with E-state index in [1.807, 2.05) is 23.1 Å². The van der Waals surface area contributed by atoms with Crippen molar-refractivity contribution in [2.24, 2.45) is 5.73 Å². The van der Waals surface area contributed by atoms with Crippen molar-refractivity contribution < 1.29 is 4.39 Å². The van der Waals surface area contributed by atoms with E-state index < -0.39 is 12.2 Å². The molecule has 0 saturated carbocycles. The van der Waals surface area contributed by atoms with Crippen LogP contribution >= 0.6 is 0 Å². The normalized spacial score (nSPS) is 20.3. The molecule has 1 saturated heterocycles. The summed E-state index contributed by atoms with van der Waals surface area (Å²) < 4.78 is 15.9. The number of alkyl halides is 1. The number of nitrogens with zero attached hydrogens (tertiary/aromatic N) is 5. The van der Waals surface area contributed by atoms with Gasteiger partial charge in [0, 0.05) is 19.3 Å². The van der Waals surface area contributed by atoms with Crippen LogP contribution in [0.4, 0.5) is 10.3 Å². The monoisotopic (exact) mass is 350 g/mol. The molecule has 2 N–H and O–H groups in total. The maximum Gasteiger partial charge on any atom is 0.206 e. The second-order valence-electron chi connectivity index (χ2n) is 6.59. The molecule has 3 heterocycles.